The molecule has 0 radical (unpaired) electrons. The van der Waals surface area contributed by atoms with E-state index in [1.165, 1.54) is 0 Å². The summed E-state index contributed by atoms with van der Waals surface area (Å²) in [6.07, 6.45) is 0. The predicted molar refractivity (Wildman–Crippen MR) is 142 cm³/mol. The van der Waals surface area contributed by atoms with Crippen molar-refractivity contribution in [3.8, 4) is 33.6 Å². The Bertz CT molecular complexity index is 1570. The van der Waals surface area contributed by atoms with Crippen LogP contribution in [0.25, 0.3) is 55.4 Å². The third-order valence-electron chi connectivity index (χ3n) is 5.90. The number of H-pyrrole nitrogens is 1. The Morgan fingerprint density at radius 2 is 1.15 bits per heavy atom. The van der Waals surface area contributed by atoms with Crippen LogP contribution in [-0.4, -0.2) is 9.97 Å². The topological polar surface area (TPSA) is 28.7 Å². The van der Waals surface area contributed by atoms with Crippen LogP contribution in [0, 0.1) is 0 Å². The number of hydrogen-bond donors (Lipinski definition) is 1. The molecule has 6 rings (SSSR count). The molecule has 0 atom stereocenters. The first-order valence-electron chi connectivity index (χ1n) is 10.6. The van der Waals surface area contributed by atoms with E-state index in [-0.39, 0.29) is 12.4 Å². The molecule has 4 aromatic carbocycles. The van der Waals surface area contributed by atoms with Crippen molar-refractivity contribution in [2.45, 2.75) is 0 Å². The zero-order valence-corrected chi connectivity index (χ0v) is 19.2. The molecule has 0 fully saturated rings. The van der Waals surface area contributed by atoms with E-state index < -0.39 is 0 Å². The molecular weight excluding hydrogens is 447 g/mol. The van der Waals surface area contributed by atoms with Crippen molar-refractivity contribution in [3.05, 3.63) is 114 Å². The molecule has 1 N–H and O–H groups in total. The van der Waals surface area contributed by atoms with Crippen LogP contribution in [0.1, 0.15) is 0 Å². The van der Waals surface area contributed by atoms with E-state index in [1.807, 2.05) is 42.5 Å². The third kappa shape index (κ3) is 3.58. The summed E-state index contributed by atoms with van der Waals surface area (Å²) in [5, 5.41) is 2.82. The van der Waals surface area contributed by atoms with E-state index in [2.05, 4.69) is 71.7 Å². The van der Waals surface area contributed by atoms with Crippen LogP contribution in [0.2, 0.25) is 5.02 Å². The fraction of sp³-hybridized carbons (Fsp3) is 0. The minimum atomic E-state index is 0. The van der Waals surface area contributed by atoms with Crippen LogP contribution in [0.4, 0.5) is 0 Å². The van der Waals surface area contributed by atoms with Crippen molar-refractivity contribution < 1.29 is 0 Å². The van der Waals surface area contributed by atoms with Crippen molar-refractivity contribution in [3.63, 3.8) is 0 Å². The molecule has 6 aromatic rings. The number of para-hydroxylation sites is 2. The standard InChI is InChI=1S/C29H19ClN2.ClH/c30-27-25(19-11-3-1-4-12-19)21-15-7-9-17-23(21)32-29(27)26-22-16-8-10-18-24(22)31-28(26)20-13-5-2-6-14-20;/h1-18,31H;1H. The Kier molecular flexibility index (Phi) is 5.63. The van der Waals surface area contributed by atoms with Gasteiger partial charge in [0.1, 0.15) is 0 Å². The summed E-state index contributed by atoms with van der Waals surface area (Å²) < 4.78 is 0. The SMILES string of the molecule is Cl.Clc1c(-c2c(-c3ccccc3)[nH]c3ccccc23)nc2ccccc2c1-c1ccccc1. The number of aromatic amines is 1. The maximum atomic E-state index is 7.20. The number of benzene rings is 4. The first kappa shape index (κ1) is 21.3. The van der Waals surface area contributed by atoms with E-state index in [4.69, 9.17) is 16.6 Å². The molecule has 0 saturated heterocycles. The van der Waals surface area contributed by atoms with Gasteiger partial charge in [-0.2, -0.15) is 0 Å². The van der Waals surface area contributed by atoms with Gasteiger partial charge in [0, 0.05) is 27.4 Å². The Hall–Kier alpha value is -3.59. The second kappa shape index (κ2) is 8.74. The maximum Gasteiger partial charge on any atom is 0.0930 e. The van der Waals surface area contributed by atoms with Crippen LogP contribution in [0.15, 0.2) is 109 Å². The monoisotopic (exact) mass is 466 g/mol. The molecule has 0 aliphatic rings. The lowest BCUT2D eigenvalue weighted by atomic mass is 9.96. The second-order valence-electron chi connectivity index (χ2n) is 7.82. The lowest BCUT2D eigenvalue weighted by molar-refractivity contribution is 1.39. The Morgan fingerprint density at radius 1 is 0.576 bits per heavy atom. The lowest BCUT2D eigenvalue weighted by Crippen LogP contribution is -1.93. The number of pyridine rings is 1. The van der Waals surface area contributed by atoms with E-state index >= 15 is 0 Å². The molecule has 0 unspecified atom stereocenters. The number of halogens is 2. The van der Waals surface area contributed by atoms with E-state index in [9.17, 15) is 0 Å². The summed E-state index contributed by atoms with van der Waals surface area (Å²) in [5.41, 5.74) is 8.03. The fourth-order valence-corrected chi connectivity index (χ4v) is 4.80. The molecule has 0 aliphatic heterocycles. The molecule has 4 heteroatoms. The van der Waals surface area contributed by atoms with Crippen LogP contribution >= 0.6 is 24.0 Å². The van der Waals surface area contributed by atoms with Gasteiger partial charge < -0.3 is 4.98 Å². The summed E-state index contributed by atoms with van der Waals surface area (Å²) in [7, 11) is 0. The molecule has 2 aromatic heterocycles. The summed E-state index contributed by atoms with van der Waals surface area (Å²) in [6, 6.07) is 37.2. The molecule has 0 bridgehead atoms. The average Bonchev–Trinajstić information content (AvgIpc) is 3.24. The van der Waals surface area contributed by atoms with E-state index in [0.29, 0.717) is 5.02 Å². The molecule has 2 heterocycles. The van der Waals surface area contributed by atoms with Gasteiger partial charge in [-0.15, -0.1) is 12.4 Å². The van der Waals surface area contributed by atoms with Gasteiger partial charge in [-0.25, -0.2) is 4.98 Å². The first-order valence-corrected chi connectivity index (χ1v) is 11.0. The highest BCUT2D eigenvalue weighted by Gasteiger charge is 2.22. The Labute approximate surface area is 203 Å². The van der Waals surface area contributed by atoms with E-state index in [0.717, 1.165) is 55.4 Å². The minimum Gasteiger partial charge on any atom is -0.354 e. The second-order valence-corrected chi connectivity index (χ2v) is 8.20. The molecule has 33 heavy (non-hydrogen) atoms. The number of hydrogen-bond acceptors (Lipinski definition) is 1. The molecular formula is C29H20Cl2N2. The maximum absolute atomic E-state index is 7.20. The molecule has 0 saturated carbocycles. The van der Waals surface area contributed by atoms with Gasteiger partial charge in [0.15, 0.2) is 0 Å². The van der Waals surface area contributed by atoms with Crippen LogP contribution < -0.4 is 0 Å². The molecule has 2 nitrogen and oxygen atoms in total. The van der Waals surface area contributed by atoms with Crippen molar-refractivity contribution in [1.29, 1.82) is 0 Å². The summed E-state index contributed by atoms with van der Waals surface area (Å²) in [4.78, 5) is 8.70. The normalized spacial score (nSPS) is 10.9. The smallest absolute Gasteiger partial charge is 0.0930 e. The van der Waals surface area contributed by atoms with Gasteiger partial charge in [0.05, 0.1) is 21.9 Å². The van der Waals surface area contributed by atoms with Crippen molar-refractivity contribution in [2.75, 3.05) is 0 Å². The minimum absolute atomic E-state index is 0. The zero-order valence-electron chi connectivity index (χ0n) is 17.6. The van der Waals surface area contributed by atoms with E-state index in [1.54, 1.807) is 0 Å². The van der Waals surface area contributed by atoms with Gasteiger partial charge in [0.25, 0.3) is 0 Å². The number of nitrogens with zero attached hydrogens (tertiary/aromatic N) is 1. The highest BCUT2D eigenvalue weighted by atomic mass is 35.5. The van der Waals surface area contributed by atoms with Crippen LogP contribution in [0.5, 0.6) is 0 Å². The largest absolute Gasteiger partial charge is 0.354 e. The van der Waals surface area contributed by atoms with Crippen molar-refractivity contribution in [2.24, 2.45) is 0 Å². The fourth-order valence-electron chi connectivity index (χ4n) is 4.45. The summed E-state index contributed by atoms with van der Waals surface area (Å²) in [6.45, 7) is 0. The van der Waals surface area contributed by atoms with Gasteiger partial charge >= 0.3 is 0 Å². The Morgan fingerprint density at radius 3 is 1.88 bits per heavy atom. The first-order chi connectivity index (χ1) is 15.8. The van der Waals surface area contributed by atoms with Crippen LogP contribution in [0.3, 0.4) is 0 Å². The zero-order chi connectivity index (χ0) is 21.5. The molecule has 160 valence electrons. The summed E-state index contributed by atoms with van der Waals surface area (Å²) >= 11 is 7.20. The lowest BCUT2D eigenvalue weighted by Gasteiger charge is -2.14. The van der Waals surface area contributed by atoms with Gasteiger partial charge in [-0.3, -0.25) is 0 Å². The quantitative estimate of drug-likeness (QED) is 0.277. The Balaban J connectivity index is 0.00000228. The van der Waals surface area contributed by atoms with Crippen molar-refractivity contribution >= 4 is 45.8 Å². The summed E-state index contributed by atoms with van der Waals surface area (Å²) in [5.74, 6) is 0. The van der Waals surface area contributed by atoms with Crippen LogP contribution in [-0.2, 0) is 0 Å². The third-order valence-corrected chi connectivity index (χ3v) is 6.27. The highest BCUT2D eigenvalue weighted by Crippen LogP contribution is 2.45. The van der Waals surface area contributed by atoms with Gasteiger partial charge in [-0.1, -0.05) is 109 Å². The number of rotatable bonds is 3. The molecule has 0 spiro atoms. The molecule has 0 aliphatic carbocycles. The van der Waals surface area contributed by atoms with Crippen molar-refractivity contribution in [1.82, 2.24) is 9.97 Å². The molecule has 0 amide bonds. The van der Waals surface area contributed by atoms with Gasteiger partial charge in [0.2, 0.25) is 0 Å². The number of fused-ring (bicyclic) bond motifs is 2. The highest BCUT2D eigenvalue weighted by molar-refractivity contribution is 6.38. The predicted octanol–water partition coefficient (Wildman–Crippen LogP) is 8.79. The average molecular weight is 467 g/mol. The van der Waals surface area contributed by atoms with Gasteiger partial charge in [-0.05, 0) is 23.3 Å². The number of nitrogens with one attached hydrogen (secondary N) is 1. The number of aromatic nitrogens is 2.